The van der Waals surface area contributed by atoms with Gasteiger partial charge in [-0.3, -0.25) is 57.5 Å². The van der Waals surface area contributed by atoms with Gasteiger partial charge in [0, 0.05) is 78.5 Å². The number of carbonyl (C=O) groups excluding carboxylic acids is 12. The van der Waals surface area contributed by atoms with Crippen molar-refractivity contribution in [2.24, 2.45) is 0 Å². The molecule has 0 rings (SSSR count). The SMILES string of the molecule is CCCCN(CCC(=O)OCCC)CCC(=O)OCCC.CCCCNCCC(=O)OCCC.CCCOC(=O)CCN(CCCN(CCC(=O)OCCC)CCC(=O)OCCC)CCC(=O)OCCC.CCCOC(=O)CCNCCCN(CCC(=O)OCCC)CCC(=O)OCCC.CCCOC(=O)CCNCCCNCCC(=O)OCCC. The number of hydrogen-bond acceptors (Lipinski definition) is 32. The van der Waals surface area contributed by atoms with Gasteiger partial charge in [-0.25, -0.2) is 0 Å². The highest BCUT2D eigenvalue weighted by Crippen LogP contribution is 2.08. The molecule has 0 unspecified atom stereocenters. The Morgan fingerprint density at radius 3 is 0.479 bits per heavy atom. The number of hydrogen-bond donors (Lipinski definition) is 4. The average Bonchev–Trinajstić information content (AvgIpc) is 0.963. The van der Waals surface area contributed by atoms with Crippen molar-refractivity contribution in [3.05, 3.63) is 0 Å². The Morgan fingerprint density at radius 1 is 0.157 bits per heavy atom. The molecule has 0 bridgehead atoms. The normalized spacial score (nSPS) is 10.7. The fourth-order valence-electron chi connectivity index (χ4n) is 10.0. The molecular weight excluding hydrogens is 1570 g/mol. The molecular formula is C89H172N8O24. The maximum Gasteiger partial charge on any atom is 0.307 e. The van der Waals surface area contributed by atoms with Crippen LogP contribution < -0.4 is 21.3 Å². The van der Waals surface area contributed by atoms with Crippen LogP contribution in [-0.4, -0.2) is 301 Å². The lowest BCUT2D eigenvalue weighted by atomic mass is 10.2. The van der Waals surface area contributed by atoms with Gasteiger partial charge in [0.2, 0.25) is 0 Å². The number of unbranched alkanes of at least 4 members (excludes halogenated alkanes) is 2. The molecule has 0 aromatic carbocycles. The summed E-state index contributed by atoms with van der Waals surface area (Å²) in [7, 11) is 0. The van der Waals surface area contributed by atoms with Gasteiger partial charge in [0.1, 0.15) is 0 Å². The molecule has 0 aliphatic carbocycles. The summed E-state index contributed by atoms with van der Waals surface area (Å²) >= 11 is 0. The molecule has 0 aliphatic heterocycles. The van der Waals surface area contributed by atoms with Crippen LogP contribution in [0.15, 0.2) is 0 Å². The Kier molecular flexibility index (Phi) is 100. The molecule has 0 amide bonds. The van der Waals surface area contributed by atoms with Gasteiger partial charge in [0.15, 0.2) is 0 Å². The van der Waals surface area contributed by atoms with E-state index in [1.165, 1.54) is 12.8 Å². The number of ether oxygens (including phenoxy) is 12. The Bertz CT molecular complexity index is 2300. The molecule has 0 aromatic heterocycles. The van der Waals surface area contributed by atoms with Gasteiger partial charge >= 0.3 is 71.6 Å². The lowest BCUT2D eigenvalue weighted by molar-refractivity contribution is -0.146. The van der Waals surface area contributed by atoms with E-state index in [9.17, 15) is 57.5 Å². The molecule has 0 atom stereocenters. The van der Waals surface area contributed by atoms with Gasteiger partial charge in [-0.05, 0) is 162 Å². The minimum absolute atomic E-state index is 0.0918. The number of carbonyl (C=O) groups is 12. The highest BCUT2D eigenvalue weighted by atomic mass is 16.6. The first-order valence-electron chi connectivity index (χ1n) is 46.1. The molecule has 0 fully saturated rings. The van der Waals surface area contributed by atoms with Gasteiger partial charge in [0.05, 0.1) is 156 Å². The van der Waals surface area contributed by atoms with Crippen LogP contribution in [0.3, 0.4) is 0 Å². The van der Waals surface area contributed by atoms with Crippen LogP contribution in [0.2, 0.25) is 0 Å². The van der Waals surface area contributed by atoms with Crippen molar-refractivity contribution in [1.82, 2.24) is 40.9 Å². The summed E-state index contributed by atoms with van der Waals surface area (Å²) in [6, 6.07) is 0. The van der Waals surface area contributed by atoms with E-state index in [2.05, 4.69) is 54.7 Å². The third kappa shape index (κ3) is 98.6. The van der Waals surface area contributed by atoms with E-state index in [1.54, 1.807) is 0 Å². The first-order chi connectivity index (χ1) is 58.5. The average molecular weight is 1740 g/mol. The molecule has 0 aromatic rings. The number of nitrogens with one attached hydrogen (secondary N) is 4. The summed E-state index contributed by atoms with van der Waals surface area (Å²) in [5.41, 5.74) is 0. The Labute approximate surface area is 729 Å². The lowest BCUT2D eigenvalue weighted by Gasteiger charge is -2.25. The number of esters is 12. The predicted octanol–water partition coefficient (Wildman–Crippen LogP) is 11.4. The minimum Gasteiger partial charge on any atom is -0.466 e. The van der Waals surface area contributed by atoms with E-state index in [1.807, 2.05) is 83.1 Å². The van der Waals surface area contributed by atoms with Crippen molar-refractivity contribution in [2.75, 3.05) is 210 Å². The van der Waals surface area contributed by atoms with E-state index in [0.717, 1.165) is 155 Å². The summed E-state index contributed by atoms with van der Waals surface area (Å²) in [6.07, 6.45) is 20.9. The van der Waals surface area contributed by atoms with Crippen LogP contribution in [0.5, 0.6) is 0 Å². The summed E-state index contributed by atoms with van der Waals surface area (Å²) in [5, 5.41) is 12.8. The molecule has 4 N–H and O–H groups in total. The van der Waals surface area contributed by atoms with E-state index in [4.69, 9.17) is 56.8 Å². The maximum atomic E-state index is 12.0. The smallest absolute Gasteiger partial charge is 0.307 e. The van der Waals surface area contributed by atoms with Gasteiger partial charge < -0.3 is 97.7 Å². The molecule has 0 saturated heterocycles. The van der Waals surface area contributed by atoms with Gasteiger partial charge in [-0.15, -0.1) is 0 Å². The zero-order valence-electron chi connectivity index (χ0n) is 78.1. The number of rotatable bonds is 78. The zero-order chi connectivity index (χ0) is 91.1. The molecule has 32 nitrogen and oxygen atoms in total. The fraction of sp³-hybridized carbons (Fsp3) is 0.865. The van der Waals surface area contributed by atoms with E-state index >= 15 is 0 Å². The summed E-state index contributed by atoms with van der Waals surface area (Å²) < 4.78 is 60.9. The van der Waals surface area contributed by atoms with Gasteiger partial charge in [0.25, 0.3) is 0 Å². The van der Waals surface area contributed by atoms with Crippen LogP contribution >= 0.6 is 0 Å². The van der Waals surface area contributed by atoms with Crippen LogP contribution in [0.4, 0.5) is 0 Å². The minimum atomic E-state index is -0.252. The lowest BCUT2D eigenvalue weighted by Crippen LogP contribution is -2.35. The van der Waals surface area contributed by atoms with Crippen LogP contribution in [0, 0.1) is 0 Å². The van der Waals surface area contributed by atoms with Gasteiger partial charge in [-0.2, -0.15) is 0 Å². The molecule has 0 saturated carbocycles. The predicted molar refractivity (Wildman–Crippen MR) is 471 cm³/mol. The van der Waals surface area contributed by atoms with Crippen LogP contribution in [0.1, 0.15) is 296 Å². The zero-order valence-corrected chi connectivity index (χ0v) is 78.1. The molecule has 712 valence electrons. The second-order valence-electron chi connectivity index (χ2n) is 28.8. The van der Waals surface area contributed by atoms with Crippen LogP contribution in [0.25, 0.3) is 0 Å². The van der Waals surface area contributed by atoms with Crippen molar-refractivity contribution < 1.29 is 114 Å². The quantitative estimate of drug-likeness (QED) is 0.0250. The molecule has 0 spiro atoms. The van der Waals surface area contributed by atoms with Crippen LogP contribution in [-0.2, 0) is 114 Å². The van der Waals surface area contributed by atoms with Crippen molar-refractivity contribution in [1.29, 1.82) is 0 Å². The van der Waals surface area contributed by atoms with Crippen molar-refractivity contribution in [3.8, 4) is 0 Å². The van der Waals surface area contributed by atoms with Crippen molar-refractivity contribution in [3.63, 3.8) is 0 Å². The van der Waals surface area contributed by atoms with E-state index < -0.39 is 0 Å². The molecule has 0 heterocycles. The highest BCUT2D eigenvalue weighted by molar-refractivity contribution is 5.73. The standard InChI is InChI=1S/C27H50N2O8.C21H40N2O6.C16H31NO4.C15H30N2O4.C10H21NO2/c1-5-20-34-24(30)10-16-28(17-11-25(31)35-21-6-2)14-9-15-29(18-12-26(32)36-22-7-3)19-13-27(33)37-23-8-4;1-4-16-27-19(24)8-12-22-11-7-13-23(14-9-20(25)28-17-5-2)15-10-21(26)29-18-6-3;1-4-7-10-17(11-8-15(18)20-13-5-2)12-9-16(19)21-14-6-3;1-3-12-20-14(18)6-10-16-8-5-9-17-11-7-15(19)21-13-4-2;1-3-5-7-11-8-6-10(12)13-9-4-2/h5-23H2,1-4H3;22H,4-18H2,1-3H3;4-14H2,1-3H3;16-17H,3-13H2,1-2H3;11H,3-9H2,1-2H3. The van der Waals surface area contributed by atoms with E-state index in [0.29, 0.717) is 216 Å². The second kappa shape index (κ2) is 98.8. The molecule has 0 radical (unpaired) electrons. The second-order valence-corrected chi connectivity index (χ2v) is 28.8. The Balaban J connectivity index is -0.000000481. The molecule has 121 heavy (non-hydrogen) atoms. The molecule has 0 aliphatic rings. The monoisotopic (exact) mass is 1740 g/mol. The van der Waals surface area contributed by atoms with E-state index in [-0.39, 0.29) is 97.3 Å². The Hall–Kier alpha value is -6.68. The largest absolute Gasteiger partial charge is 0.466 e. The summed E-state index contributed by atoms with van der Waals surface area (Å²) in [5.74, 6) is -2.32. The van der Waals surface area contributed by atoms with Crippen molar-refractivity contribution in [2.45, 2.75) is 296 Å². The Morgan fingerprint density at radius 2 is 0.306 bits per heavy atom. The van der Waals surface area contributed by atoms with Crippen molar-refractivity contribution >= 4 is 71.6 Å². The topological polar surface area (TPSA) is 377 Å². The first kappa shape index (κ1) is 123. The summed E-state index contributed by atoms with van der Waals surface area (Å²) in [4.78, 5) is 148. The first-order valence-corrected chi connectivity index (χ1v) is 46.1. The maximum absolute atomic E-state index is 12.0. The third-order valence-corrected chi connectivity index (χ3v) is 16.7. The van der Waals surface area contributed by atoms with Gasteiger partial charge in [-0.1, -0.05) is 110 Å². The third-order valence-electron chi connectivity index (χ3n) is 16.7. The highest BCUT2D eigenvalue weighted by Gasteiger charge is 2.19. The fourth-order valence-corrected chi connectivity index (χ4v) is 10.0. The summed E-state index contributed by atoms with van der Waals surface area (Å²) in [6.45, 7) is 46.6. The number of nitrogens with zero attached hydrogens (tertiary/aromatic N) is 4. The molecule has 32 heteroatoms.